The number of aliphatic hydroxyl groups is 1. The first-order valence-corrected chi connectivity index (χ1v) is 14.5. The molecule has 0 unspecified atom stereocenters. The molecule has 0 aliphatic rings. The molecule has 0 aliphatic carbocycles. The fraction of sp³-hybridized carbons (Fsp3) is 0.235. The van der Waals surface area contributed by atoms with Crippen molar-refractivity contribution in [1.82, 2.24) is 29.1 Å². The van der Waals surface area contributed by atoms with Crippen molar-refractivity contribution < 1.29 is 14.6 Å². The maximum atomic E-state index is 12.1. The van der Waals surface area contributed by atoms with Gasteiger partial charge in [-0.1, -0.05) is 56.3 Å². The predicted molar refractivity (Wildman–Crippen MR) is 169 cm³/mol. The monoisotopic (exact) mass is 589 g/mol. The van der Waals surface area contributed by atoms with Gasteiger partial charge < -0.3 is 20.1 Å². The summed E-state index contributed by atoms with van der Waals surface area (Å²) in [5.41, 5.74) is 12.1. The lowest BCUT2D eigenvalue weighted by Crippen LogP contribution is -2.13. The molecule has 1 amide bonds. The molecule has 0 bridgehead atoms. The number of aryl methyl sites for hydroxylation is 1. The van der Waals surface area contributed by atoms with Crippen LogP contribution in [0, 0.1) is 6.92 Å². The first-order chi connectivity index (χ1) is 21.2. The van der Waals surface area contributed by atoms with E-state index in [9.17, 15) is 9.90 Å². The third-order valence-corrected chi connectivity index (χ3v) is 7.89. The number of fused-ring (bicyclic) bond motifs is 1. The zero-order valence-corrected chi connectivity index (χ0v) is 25.2. The standard InChI is InChI=1S/C34H35N7O3/c1-21(2)32-22(3)41(28-14-13-24(34(35)43)17-30(28)44-20-31-36-15-16-39(31)4)38-33(32)25-11-8-12-27-26(25)18-40(37-27)19-29(42)23-9-6-5-7-10-23/h5-18,21,29,42H,19-20H2,1-4H3,(H2,35,43)/t29-/m0/s1. The van der Waals surface area contributed by atoms with Crippen LogP contribution in [-0.2, 0) is 20.2 Å². The molecule has 0 aliphatic heterocycles. The average molecular weight is 590 g/mol. The number of aromatic nitrogens is 6. The van der Waals surface area contributed by atoms with Crippen molar-refractivity contribution in [3.63, 3.8) is 0 Å². The van der Waals surface area contributed by atoms with Crippen LogP contribution in [0.5, 0.6) is 5.75 Å². The van der Waals surface area contributed by atoms with Gasteiger partial charge in [-0.3, -0.25) is 9.48 Å². The SMILES string of the molecule is Cc1c(C(C)C)c(-c2cccc3nn(C[C@H](O)c4ccccc4)cc23)nn1-c1ccc(C(N)=O)cc1OCc1nccn1C. The van der Waals surface area contributed by atoms with Crippen molar-refractivity contribution in [2.24, 2.45) is 12.8 Å². The van der Waals surface area contributed by atoms with Crippen LogP contribution < -0.4 is 10.5 Å². The molecule has 3 aromatic carbocycles. The number of amides is 1. The van der Waals surface area contributed by atoms with E-state index in [4.69, 9.17) is 20.7 Å². The number of imidazole rings is 1. The molecular weight excluding hydrogens is 554 g/mol. The van der Waals surface area contributed by atoms with Crippen LogP contribution in [0.25, 0.3) is 27.8 Å². The molecule has 0 saturated carbocycles. The van der Waals surface area contributed by atoms with Crippen molar-refractivity contribution in [2.75, 3.05) is 0 Å². The molecule has 10 nitrogen and oxygen atoms in total. The number of nitrogens with zero attached hydrogens (tertiary/aromatic N) is 6. The topological polar surface area (TPSA) is 126 Å². The summed E-state index contributed by atoms with van der Waals surface area (Å²) in [4.78, 5) is 16.4. The number of hydrogen-bond donors (Lipinski definition) is 2. The smallest absolute Gasteiger partial charge is 0.248 e. The Labute approximate surface area is 255 Å². The summed E-state index contributed by atoms with van der Waals surface area (Å²) in [6.07, 6.45) is 4.85. The van der Waals surface area contributed by atoms with Gasteiger partial charge in [-0.25, -0.2) is 9.67 Å². The Kier molecular flexibility index (Phi) is 7.75. The van der Waals surface area contributed by atoms with E-state index in [1.165, 1.54) is 0 Å². The van der Waals surface area contributed by atoms with Gasteiger partial charge in [-0.05, 0) is 42.7 Å². The van der Waals surface area contributed by atoms with E-state index in [0.717, 1.165) is 44.8 Å². The molecule has 0 fully saturated rings. The zero-order valence-electron chi connectivity index (χ0n) is 25.2. The largest absolute Gasteiger partial charge is 0.483 e. The minimum absolute atomic E-state index is 0.158. The molecule has 1 atom stereocenters. The number of hydrogen-bond acceptors (Lipinski definition) is 6. The first-order valence-electron chi connectivity index (χ1n) is 14.5. The Hall–Kier alpha value is -5.22. The van der Waals surface area contributed by atoms with E-state index in [1.807, 2.05) is 84.1 Å². The van der Waals surface area contributed by atoms with E-state index in [2.05, 4.69) is 24.9 Å². The number of ether oxygens (including phenoxy) is 1. The number of carbonyl (C=O) groups is 1. The van der Waals surface area contributed by atoms with Crippen LogP contribution in [0.3, 0.4) is 0 Å². The second-order valence-corrected chi connectivity index (χ2v) is 11.2. The van der Waals surface area contributed by atoms with Crippen LogP contribution >= 0.6 is 0 Å². The summed E-state index contributed by atoms with van der Waals surface area (Å²) in [6.45, 7) is 6.86. The fourth-order valence-electron chi connectivity index (χ4n) is 5.62. The lowest BCUT2D eigenvalue weighted by molar-refractivity contribution is 0.0999. The number of benzene rings is 3. The minimum atomic E-state index is -0.686. The van der Waals surface area contributed by atoms with Gasteiger partial charge >= 0.3 is 0 Å². The third kappa shape index (κ3) is 5.47. The first kappa shape index (κ1) is 28.9. The van der Waals surface area contributed by atoms with Gasteiger partial charge in [0.1, 0.15) is 23.9 Å². The number of nitrogens with two attached hydrogens (primary N) is 1. The molecule has 0 radical (unpaired) electrons. The van der Waals surface area contributed by atoms with Crippen LogP contribution in [-0.4, -0.2) is 40.1 Å². The molecule has 0 spiro atoms. The van der Waals surface area contributed by atoms with E-state index < -0.39 is 12.0 Å². The van der Waals surface area contributed by atoms with E-state index in [-0.39, 0.29) is 12.5 Å². The highest BCUT2D eigenvalue weighted by Gasteiger charge is 2.24. The van der Waals surface area contributed by atoms with Crippen molar-refractivity contribution in [2.45, 2.75) is 45.9 Å². The summed E-state index contributed by atoms with van der Waals surface area (Å²) in [6, 6.07) is 20.7. The molecule has 0 saturated heterocycles. The number of primary amides is 1. The van der Waals surface area contributed by atoms with Crippen molar-refractivity contribution in [3.8, 4) is 22.7 Å². The second-order valence-electron chi connectivity index (χ2n) is 11.2. The van der Waals surface area contributed by atoms with Gasteiger partial charge in [0.15, 0.2) is 0 Å². The molecule has 10 heteroatoms. The van der Waals surface area contributed by atoms with Gasteiger partial charge in [-0.15, -0.1) is 0 Å². The van der Waals surface area contributed by atoms with Crippen molar-refractivity contribution >= 4 is 16.8 Å². The lowest BCUT2D eigenvalue weighted by atomic mass is 9.95. The van der Waals surface area contributed by atoms with Gasteiger partial charge in [0.2, 0.25) is 5.91 Å². The van der Waals surface area contributed by atoms with Crippen LogP contribution in [0.1, 0.15) is 58.9 Å². The third-order valence-electron chi connectivity index (χ3n) is 7.89. The molecular formula is C34H35N7O3. The summed E-state index contributed by atoms with van der Waals surface area (Å²) in [5, 5.41) is 21.7. The fourth-order valence-corrected chi connectivity index (χ4v) is 5.62. The van der Waals surface area contributed by atoms with Crippen molar-refractivity contribution in [3.05, 3.63) is 114 Å². The van der Waals surface area contributed by atoms with Crippen molar-refractivity contribution in [1.29, 1.82) is 0 Å². The Morgan fingerprint density at radius 1 is 1.05 bits per heavy atom. The van der Waals surface area contributed by atoms with Crippen LogP contribution in [0.4, 0.5) is 0 Å². The molecule has 6 rings (SSSR count). The highest BCUT2D eigenvalue weighted by atomic mass is 16.5. The van der Waals surface area contributed by atoms with E-state index >= 15 is 0 Å². The molecule has 3 heterocycles. The summed E-state index contributed by atoms with van der Waals surface area (Å²) >= 11 is 0. The summed E-state index contributed by atoms with van der Waals surface area (Å²) in [7, 11) is 1.90. The number of rotatable bonds is 10. The maximum Gasteiger partial charge on any atom is 0.248 e. The Morgan fingerprint density at radius 2 is 1.84 bits per heavy atom. The van der Waals surface area contributed by atoms with E-state index in [0.29, 0.717) is 23.5 Å². The molecule has 44 heavy (non-hydrogen) atoms. The van der Waals surface area contributed by atoms with Gasteiger partial charge in [0, 0.05) is 53.4 Å². The quantitative estimate of drug-likeness (QED) is 0.218. The van der Waals surface area contributed by atoms with E-state index in [1.54, 1.807) is 23.0 Å². The zero-order chi connectivity index (χ0) is 31.0. The summed E-state index contributed by atoms with van der Waals surface area (Å²) < 4.78 is 11.8. The maximum absolute atomic E-state index is 12.1. The molecule has 3 N–H and O–H groups in total. The minimum Gasteiger partial charge on any atom is -0.483 e. The lowest BCUT2D eigenvalue weighted by Gasteiger charge is -2.14. The second kappa shape index (κ2) is 11.8. The Morgan fingerprint density at radius 3 is 2.55 bits per heavy atom. The summed E-state index contributed by atoms with van der Waals surface area (Å²) in [5.74, 6) is 0.825. The van der Waals surface area contributed by atoms with Gasteiger partial charge in [-0.2, -0.15) is 10.2 Å². The van der Waals surface area contributed by atoms with Crippen LogP contribution in [0.2, 0.25) is 0 Å². The normalized spacial score (nSPS) is 12.2. The number of aliphatic hydroxyl groups excluding tert-OH is 1. The van der Waals surface area contributed by atoms with Gasteiger partial charge in [0.05, 0.1) is 23.9 Å². The molecule has 6 aromatic rings. The predicted octanol–water partition coefficient (Wildman–Crippen LogP) is 5.47. The Bertz CT molecular complexity index is 1950. The molecule has 3 aromatic heterocycles. The molecule has 224 valence electrons. The highest BCUT2D eigenvalue weighted by molar-refractivity contribution is 5.95. The number of carbonyl (C=O) groups excluding carboxylic acids is 1. The average Bonchev–Trinajstić information content (AvgIpc) is 3.72. The van der Waals surface area contributed by atoms with Crippen LogP contribution in [0.15, 0.2) is 85.3 Å². The van der Waals surface area contributed by atoms with Gasteiger partial charge in [0.25, 0.3) is 0 Å². The highest BCUT2D eigenvalue weighted by Crippen LogP contribution is 2.38. The Balaban J connectivity index is 1.43.